The molecule has 0 spiro atoms. The Morgan fingerprint density at radius 2 is 1.84 bits per heavy atom. The predicted octanol–water partition coefficient (Wildman–Crippen LogP) is 3.99. The van der Waals surface area contributed by atoms with Crippen molar-refractivity contribution in [3.05, 3.63) is 52.6 Å². The van der Waals surface area contributed by atoms with E-state index in [-0.39, 0.29) is 23.7 Å². The minimum absolute atomic E-state index is 0.0103. The number of nitrogens with zero attached hydrogens (tertiary/aromatic N) is 5. The Balaban J connectivity index is 1.12. The molecule has 3 aromatic rings. The van der Waals surface area contributed by atoms with E-state index in [0.717, 1.165) is 67.9 Å². The van der Waals surface area contributed by atoms with Gasteiger partial charge in [0.1, 0.15) is 4.70 Å². The van der Waals surface area contributed by atoms with Crippen LogP contribution in [-0.4, -0.2) is 88.8 Å². The highest BCUT2D eigenvalue weighted by atomic mass is 32.1. The summed E-state index contributed by atoms with van der Waals surface area (Å²) in [4.78, 5) is 38.9. The van der Waals surface area contributed by atoms with Crippen LogP contribution in [0.1, 0.15) is 37.3 Å². The van der Waals surface area contributed by atoms with Gasteiger partial charge < -0.3 is 14.5 Å². The fraction of sp³-hybridized carbons (Fsp3) is 0.536. The number of thiophene rings is 1. The van der Waals surface area contributed by atoms with E-state index in [1.807, 2.05) is 22.9 Å². The van der Waals surface area contributed by atoms with Gasteiger partial charge in [0.05, 0.1) is 17.9 Å². The number of urea groups is 1. The summed E-state index contributed by atoms with van der Waals surface area (Å²) >= 11 is 1.50. The molecule has 3 saturated heterocycles. The minimum atomic E-state index is -0.0472. The third-order valence-electron chi connectivity index (χ3n) is 8.38. The molecular formula is C28H35N5O3S. The van der Waals surface area contributed by atoms with E-state index < -0.39 is 0 Å². The van der Waals surface area contributed by atoms with Crippen LogP contribution in [0.3, 0.4) is 0 Å². The lowest BCUT2D eigenvalue weighted by Crippen LogP contribution is -2.47. The Morgan fingerprint density at radius 1 is 1.05 bits per heavy atom. The van der Waals surface area contributed by atoms with Crippen molar-refractivity contribution in [2.75, 3.05) is 46.4 Å². The number of carbonyl (C=O) groups is 1. The number of ether oxygens (including phenoxy) is 1. The van der Waals surface area contributed by atoms with Crippen LogP contribution < -0.4 is 5.56 Å². The van der Waals surface area contributed by atoms with E-state index >= 15 is 0 Å². The third kappa shape index (κ3) is 4.80. The summed E-state index contributed by atoms with van der Waals surface area (Å²) in [5, 5.41) is 0. The van der Waals surface area contributed by atoms with Crippen LogP contribution in [0.4, 0.5) is 4.79 Å². The molecule has 8 nitrogen and oxygen atoms in total. The van der Waals surface area contributed by atoms with E-state index in [1.54, 1.807) is 10.9 Å². The van der Waals surface area contributed by atoms with Crippen molar-refractivity contribution in [1.29, 1.82) is 0 Å². The number of hydrogen-bond acceptors (Lipinski definition) is 6. The monoisotopic (exact) mass is 521 g/mol. The highest BCUT2D eigenvalue weighted by Crippen LogP contribution is 2.32. The van der Waals surface area contributed by atoms with Crippen molar-refractivity contribution in [3.63, 3.8) is 0 Å². The Hall–Kier alpha value is -2.75. The third-order valence-corrected chi connectivity index (χ3v) is 9.54. The van der Waals surface area contributed by atoms with Gasteiger partial charge in [-0.25, -0.2) is 9.78 Å². The average Bonchev–Trinajstić information content (AvgIpc) is 3.69. The largest absolute Gasteiger partial charge is 0.381 e. The normalized spacial score (nSPS) is 23.2. The molecular weight excluding hydrogens is 486 g/mol. The summed E-state index contributed by atoms with van der Waals surface area (Å²) in [5.41, 5.74) is 3.04. The zero-order valence-electron chi connectivity index (χ0n) is 21.6. The number of amides is 2. The molecule has 3 aliphatic rings. The fourth-order valence-electron chi connectivity index (χ4n) is 6.03. The number of carbonyl (C=O) groups excluding carboxylic acids is 1. The quantitative estimate of drug-likeness (QED) is 0.519. The molecule has 0 aliphatic carbocycles. The first-order valence-corrected chi connectivity index (χ1v) is 14.2. The Labute approximate surface area is 221 Å². The van der Waals surface area contributed by atoms with Gasteiger partial charge in [0.25, 0.3) is 5.56 Å². The summed E-state index contributed by atoms with van der Waals surface area (Å²) in [5.74, 6) is 0. The van der Waals surface area contributed by atoms with Crippen LogP contribution >= 0.6 is 11.3 Å². The summed E-state index contributed by atoms with van der Waals surface area (Å²) in [7, 11) is 1.94. The maximum atomic E-state index is 13.4. The maximum Gasteiger partial charge on any atom is 0.320 e. The summed E-state index contributed by atoms with van der Waals surface area (Å²) in [6.07, 6.45) is 5.62. The summed E-state index contributed by atoms with van der Waals surface area (Å²) in [6.45, 7) is 6.94. The van der Waals surface area contributed by atoms with Crippen LogP contribution in [0, 0.1) is 6.92 Å². The highest BCUT2D eigenvalue weighted by molar-refractivity contribution is 7.22. The van der Waals surface area contributed by atoms with Crippen LogP contribution in [0.15, 0.2) is 41.5 Å². The molecule has 0 bridgehead atoms. The summed E-state index contributed by atoms with van der Waals surface area (Å²) in [6, 6.07) is 11.2. The Kier molecular flexibility index (Phi) is 6.77. The second kappa shape index (κ2) is 10.2. The van der Waals surface area contributed by atoms with Crippen molar-refractivity contribution in [2.45, 2.75) is 50.7 Å². The number of benzene rings is 1. The van der Waals surface area contributed by atoms with Crippen molar-refractivity contribution >= 4 is 27.6 Å². The molecule has 37 heavy (non-hydrogen) atoms. The smallest absolute Gasteiger partial charge is 0.320 e. The molecule has 196 valence electrons. The first-order valence-electron chi connectivity index (χ1n) is 13.4. The fourth-order valence-corrected chi connectivity index (χ4v) is 7.09. The molecule has 3 aliphatic heterocycles. The lowest BCUT2D eigenvalue weighted by Gasteiger charge is -2.33. The Bertz CT molecular complexity index is 1330. The molecule has 2 atom stereocenters. The number of likely N-dealkylation sites (tertiary alicyclic amines) is 2. The van der Waals surface area contributed by atoms with Gasteiger partial charge in [-0.3, -0.25) is 14.3 Å². The zero-order valence-corrected chi connectivity index (χ0v) is 22.5. The van der Waals surface area contributed by atoms with Crippen molar-refractivity contribution < 1.29 is 9.53 Å². The minimum Gasteiger partial charge on any atom is -0.381 e. The number of fused-ring (bicyclic) bond motifs is 1. The molecule has 0 N–H and O–H groups in total. The van der Waals surface area contributed by atoms with Gasteiger partial charge in [-0.1, -0.05) is 29.8 Å². The van der Waals surface area contributed by atoms with Crippen LogP contribution in [0.5, 0.6) is 0 Å². The van der Waals surface area contributed by atoms with Crippen molar-refractivity contribution in [2.24, 2.45) is 0 Å². The molecule has 2 aromatic heterocycles. The van der Waals surface area contributed by atoms with Crippen LogP contribution in [0.2, 0.25) is 0 Å². The van der Waals surface area contributed by atoms with E-state index in [0.29, 0.717) is 23.8 Å². The molecule has 5 heterocycles. The van der Waals surface area contributed by atoms with E-state index in [2.05, 4.69) is 41.1 Å². The highest BCUT2D eigenvalue weighted by Gasteiger charge is 2.36. The predicted molar refractivity (Wildman–Crippen MR) is 146 cm³/mol. The molecule has 1 aromatic carbocycles. The lowest BCUT2D eigenvalue weighted by molar-refractivity contribution is 0.0402. The molecule has 2 amide bonds. The number of rotatable bonds is 4. The number of aromatic nitrogens is 2. The molecule has 0 unspecified atom stereocenters. The van der Waals surface area contributed by atoms with Gasteiger partial charge in [0.2, 0.25) is 0 Å². The molecule has 3 fully saturated rings. The topological polar surface area (TPSA) is 70.9 Å². The molecule has 6 rings (SSSR count). The average molecular weight is 522 g/mol. The zero-order chi connectivity index (χ0) is 25.5. The van der Waals surface area contributed by atoms with E-state index in [9.17, 15) is 9.59 Å². The van der Waals surface area contributed by atoms with E-state index in [4.69, 9.17) is 4.74 Å². The molecule has 0 radical (unpaired) electrons. The van der Waals surface area contributed by atoms with Gasteiger partial charge in [-0.15, -0.1) is 11.3 Å². The Morgan fingerprint density at radius 3 is 2.62 bits per heavy atom. The van der Waals surface area contributed by atoms with Crippen LogP contribution in [-0.2, 0) is 4.74 Å². The maximum absolute atomic E-state index is 13.4. The standard InChI is InChI=1S/C28H35N5O3S/c1-19-3-5-20(6-4-19)25-15-24-26(37-25)27(34)33(18-29-24)23-8-12-32(17-23)28(35)30(2)22-7-11-31(16-22)21-9-13-36-14-10-21/h3-6,15,18,21-23H,7-14,16-17H2,1-2H3/t22-,23-/m0/s1. The molecule has 0 saturated carbocycles. The van der Waals surface area contributed by atoms with Gasteiger partial charge >= 0.3 is 6.03 Å². The van der Waals surface area contributed by atoms with Gasteiger partial charge in [-0.2, -0.15) is 0 Å². The number of hydrogen-bond donors (Lipinski definition) is 0. The van der Waals surface area contributed by atoms with Gasteiger partial charge in [-0.05, 0) is 44.2 Å². The van der Waals surface area contributed by atoms with Gasteiger partial charge in [0, 0.05) is 63.4 Å². The second-order valence-corrected chi connectivity index (χ2v) is 11.8. The van der Waals surface area contributed by atoms with Crippen LogP contribution in [0.25, 0.3) is 20.7 Å². The second-order valence-electron chi connectivity index (χ2n) is 10.7. The summed E-state index contributed by atoms with van der Waals surface area (Å²) < 4.78 is 7.94. The molecule has 9 heteroatoms. The first-order chi connectivity index (χ1) is 18.0. The van der Waals surface area contributed by atoms with Gasteiger partial charge in [0.15, 0.2) is 0 Å². The first kappa shape index (κ1) is 24.6. The lowest BCUT2D eigenvalue weighted by atomic mass is 10.1. The van der Waals surface area contributed by atoms with Crippen molar-refractivity contribution in [3.8, 4) is 10.4 Å². The number of aryl methyl sites for hydroxylation is 1. The SMILES string of the molecule is Cc1ccc(-c2cc3ncn([C@H]4CCN(C(=O)N(C)[C@H]5CCN(C6CCOCC6)C5)C4)c(=O)c3s2)cc1. The number of likely N-dealkylation sites (N-methyl/N-ethyl adjacent to an activating group) is 1. The van der Waals surface area contributed by atoms with Crippen molar-refractivity contribution in [1.82, 2.24) is 24.3 Å². The van der Waals surface area contributed by atoms with E-state index in [1.165, 1.54) is 16.9 Å².